The number of phenolic OH excluding ortho intramolecular Hbond substituents is 1. The number of hydrogen-bond donors (Lipinski definition) is 2. The second-order valence-corrected chi connectivity index (χ2v) is 7.47. The van der Waals surface area contributed by atoms with Crippen LogP contribution in [0, 0.1) is 5.41 Å². The summed E-state index contributed by atoms with van der Waals surface area (Å²) in [5.74, 6) is 0.424. The Labute approximate surface area is 141 Å². The van der Waals surface area contributed by atoms with Crippen molar-refractivity contribution in [1.82, 2.24) is 10.2 Å². The van der Waals surface area contributed by atoms with E-state index < -0.39 is 0 Å². The van der Waals surface area contributed by atoms with Crippen molar-refractivity contribution < 1.29 is 5.11 Å². The fourth-order valence-electron chi connectivity index (χ4n) is 3.70. The van der Waals surface area contributed by atoms with Gasteiger partial charge in [-0.25, -0.2) is 0 Å². The highest BCUT2D eigenvalue weighted by molar-refractivity contribution is 5.54. The summed E-state index contributed by atoms with van der Waals surface area (Å²) in [6.07, 6.45) is 0. The van der Waals surface area contributed by atoms with Crippen molar-refractivity contribution in [2.75, 3.05) is 44.2 Å². The van der Waals surface area contributed by atoms with Crippen LogP contribution in [0.15, 0.2) is 18.2 Å². The summed E-state index contributed by atoms with van der Waals surface area (Å²) in [6.45, 7) is 17.1. The van der Waals surface area contributed by atoms with Crippen LogP contribution in [0.2, 0.25) is 0 Å². The van der Waals surface area contributed by atoms with E-state index in [0.717, 1.165) is 50.5 Å². The minimum Gasteiger partial charge on any atom is -0.508 e. The molecule has 0 amide bonds. The van der Waals surface area contributed by atoms with Gasteiger partial charge in [0.15, 0.2) is 0 Å². The van der Waals surface area contributed by atoms with E-state index in [1.165, 1.54) is 0 Å². The monoisotopic (exact) mass is 319 g/mol. The molecule has 23 heavy (non-hydrogen) atoms. The zero-order valence-corrected chi connectivity index (χ0v) is 15.4. The SMILES string of the molecule is CCN(CC)c1ccc([C@H](N2CCNCC2)C(C)(C)C)c(O)c1. The molecule has 1 fully saturated rings. The van der Waals surface area contributed by atoms with Gasteiger partial charge in [0.1, 0.15) is 5.75 Å². The molecule has 1 aliphatic heterocycles. The van der Waals surface area contributed by atoms with Gasteiger partial charge in [0, 0.05) is 62.6 Å². The van der Waals surface area contributed by atoms with Crippen molar-refractivity contribution in [1.29, 1.82) is 0 Å². The molecule has 2 N–H and O–H groups in total. The number of aromatic hydroxyl groups is 1. The van der Waals surface area contributed by atoms with Gasteiger partial charge in [-0.1, -0.05) is 26.8 Å². The molecular weight excluding hydrogens is 286 g/mol. The number of nitrogens with one attached hydrogen (secondary N) is 1. The highest BCUT2D eigenvalue weighted by Gasteiger charge is 2.34. The Balaban J connectivity index is 2.35. The molecule has 1 atom stereocenters. The molecule has 1 heterocycles. The van der Waals surface area contributed by atoms with Crippen LogP contribution in [-0.2, 0) is 0 Å². The van der Waals surface area contributed by atoms with Crippen molar-refractivity contribution in [2.24, 2.45) is 5.41 Å². The van der Waals surface area contributed by atoms with Crippen LogP contribution in [0.25, 0.3) is 0 Å². The Morgan fingerprint density at radius 2 is 1.78 bits per heavy atom. The van der Waals surface area contributed by atoms with Crippen LogP contribution in [0.1, 0.15) is 46.2 Å². The van der Waals surface area contributed by atoms with E-state index in [-0.39, 0.29) is 11.5 Å². The first kappa shape index (κ1) is 18.1. The summed E-state index contributed by atoms with van der Waals surface area (Å²) in [4.78, 5) is 4.77. The Kier molecular flexibility index (Phi) is 5.93. The fourth-order valence-corrected chi connectivity index (χ4v) is 3.70. The molecule has 0 aliphatic carbocycles. The van der Waals surface area contributed by atoms with Gasteiger partial charge >= 0.3 is 0 Å². The van der Waals surface area contributed by atoms with Gasteiger partial charge in [-0.05, 0) is 25.3 Å². The maximum atomic E-state index is 10.7. The lowest BCUT2D eigenvalue weighted by Crippen LogP contribution is -2.48. The third-order valence-electron chi connectivity index (χ3n) is 4.77. The number of benzene rings is 1. The maximum Gasteiger partial charge on any atom is 0.122 e. The molecule has 1 aromatic carbocycles. The number of nitrogens with zero attached hydrogens (tertiary/aromatic N) is 2. The van der Waals surface area contributed by atoms with Gasteiger partial charge < -0.3 is 15.3 Å². The highest BCUT2D eigenvalue weighted by Crippen LogP contribution is 2.42. The standard InChI is InChI=1S/C19H33N3O/c1-6-21(7-2)15-8-9-16(17(23)14-15)18(19(3,4)5)22-12-10-20-11-13-22/h8-9,14,18,20,23H,6-7,10-13H2,1-5H3/t18-/m0/s1. The average molecular weight is 319 g/mol. The second kappa shape index (κ2) is 7.54. The summed E-state index contributed by atoms with van der Waals surface area (Å²) in [7, 11) is 0. The van der Waals surface area contributed by atoms with E-state index in [9.17, 15) is 5.11 Å². The predicted octanol–water partition coefficient (Wildman–Crippen LogP) is 3.23. The maximum absolute atomic E-state index is 10.7. The van der Waals surface area contributed by atoms with Gasteiger partial charge in [-0.2, -0.15) is 0 Å². The van der Waals surface area contributed by atoms with Crippen LogP contribution in [0.3, 0.4) is 0 Å². The van der Waals surface area contributed by atoms with Crippen molar-refractivity contribution >= 4 is 5.69 Å². The lowest BCUT2D eigenvalue weighted by atomic mass is 9.80. The van der Waals surface area contributed by atoms with E-state index in [1.54, 1.807) is 0 Å². The molecule has 1 saturated heterocycles. The van der Waals surface area contributed by atoms with Crippen LogP contribution >= 0.6 is 0 Å². The minimum atomic E-state index is 0.0749. The normalized spacial score (nSPS) is 18.0. The second-order valence-electron chi connectivity index (χ2n) is 7.47. The predicted molar refractivity (Wildman–Crippen MR) is 98.3 cm³/mol. The number of anilines is 1. The van der Waals surface area contributed by atoms with Gasteiger partial charge in [0.2, 0.25) is 0 Å². The van der Waals surface area contributed by atoms with Crippen LogP contribution < -0.4 is 10.2 Å². The first-order valence-corrected chi connectivity index (χ1v) is 8.91. The van der Waals surface area contributed by atoms with E-state index in [0.29, 0.717) is 5.75 Å². The zero-order chi connectivity index (χ0) is 17.0. The van der Waals surface area contributed by atoms with Gasteiger partial charge in [-0.3, -0.25) is 4.90 Å². The molecule has 0 bridgehead atoms. The Morgan fingerprint density at radius 3 is 2.26 bits per heavy atom. The number of piperazine rings is 1. The largest absolute Gasteiger partial charge is 0.508 e. The fraction of sp³-hybridized carbons (Fsp3) is 0.684. The molecule has 4 heteroatoms. The third-order valence-corrected chi connectivity index (χ3v) is 4.77. The summed E-state index contributed by atoms with van der Waals surface area (Å²) in [5.41, 5.74) is 2.23. The summed E-state index contributed by atoms with van der Waals surface area (Å²) < 4.78 is 0. The number of hydrogen-bond acceptors (Lipinski definition) is 4. The molecule has 0 radical (unpaired) electrons. The molecule has 130 valence electrons. The lowest BCUT2D eigenvalue weighted by molar-refractivity contribution is 0.0842. The summed E-state index contributed by atoms with van der Waals surface area (Å²) in [6, 6.07) is 6.45. The molecule has 0 aromatic heterocycles. The van der Waals surface area contributed by atoms with E-state index in [1.807, 2.05) is 6.07 Å². The topological polar surface area (TPSA) is 38.7 Å². The lowest BCUT2D eigenvalue weighted by Gasteiger charge is -2.43. The Bertz CT molecular complexity index is 500. The number of phenols is 1. The summed E-state index contributed by atoms with van der Waals surface area (Å²) in [5, 5.41) is 14.1. The van der Waals surface area contributed by atoms with Gasteiger partial charge in [-0.15, -0.1) is 0 Å². The molecule has 1 aromatic rings. The molecule has 1 aliphatic rings. The van der Waals surface area contributed by atoms with Gasteiger partial charge in [0.25, 0.3) is 0 Å². The minimum absolute atomic E-state index is 0.0749. The highest BCUT2D eigenvalue weighted by atomic mass is 16.3. The zero-order valence-electron chi connectivity index (χ0n) is 15.4. The Hall–Kier alpha value is -1.26. The van der Waals surface area contributed by atoms with E-state index in [4.69, 9.17) is 0 Å². The molecule has 0 spiro atoms. The summed E-state index contributed by atoms with van der Waals surface area (Å²) >= 11 is 0. The molecule has 4 nitrogen and oxygen atoms in total. The van der Waals surface area contributed by atoms with Crippen LogP contribution in [-0.4, -0.2) is 49.3 Å². The first-order chi connectivity index (χ1) is 10.9. The van der Waals surface area contributed by atoms with Gasteiger partial charge in [0.05, 0.1) is 0 Å². The molecule has 0 saturated carbocycles. The first-order valence-electron chi connectivity index (χ1n) is 8.91. The molecule has 2 rings (SSSR count). The van der Waals surface area contributed by atoms with Crippen molar-refractivity contribution in [3.63, 3.8) is 0 Å². The van der Waals surface area contributed by atoms with Crippen molar-refractivity contribution in [2.45, 2.75) is 40.7 Å². The number of rotatable bonds is 5. The van der Waals surface area contributed by atoms with Crippen LogP contribution in [0.4, 0.5) is 5.69 Å². The van der Waals surface area contributed by atoms with Crippen molar-refractivity contribution in [3.8, 4) is 5.75 Å². The molecule has 0 unspecified atom stereocenters. The van der Waals surface area contributed by atoms with Crippen molar-refractivity contribution in [3.05, 3.63) is 23.8 Å². The Morgan fingerprint density at radius 1 is 1.17 bits per heavy atom. The third kappa shape index (κ3) is 4.18. The van der Waals surface area contributed by atoms with E-state index >= 15 is 0 Å². The molecular formula is C19H33N3O. The quantitative estimate of drug-likeness (QED) is 0.874. The smallest absolute Gasteiger partial charge is 0.122 e. The van der Waals surface area contributed by atoms with Crippen LogP contribution in [0.5, 0.6) is 5.75 Å². The average Bonchev–Trinajstić information content (AvgIpc) is 2.51. The van der Waals surface area contributed by atoms with E-state index in [2.05, 4.69) is 61.9 Å².